The number of methoxy groups -OCH3 is 6. The van der Waals surface area contributed by atoms with Gasteiger partial charge in [-0.25, -0.2) is 4.79 Å². The Morgan fingerprint density at radius 1 is 0.759 bits per heavy atom. The van der Waals surface area contributed by atoms with Gasteiger partial charge >= 0.3 is 11.9 Å². The Hall–Kier alpha value is -5.92. The summed E-state index contributed by atoms with van der Waals surface area (Å²) < 4.78 is 39.1. The minimum atomic E-state index is -0.670. The first-order valence-electron chi connectivity index (χ1n) is 19.2. The lowest BCUT2D eigenvalue weighted by atomic mass is 9.63. The number of rotatable bonds is 8. The van der Waals surface area contributed by atoms with E-state index < -0.39 is 24.1 Å². The van der Waals surface area contributed by atoms with E-state index in [2.05, 4.69) is 16.0 Å². The maximum Gasteiger partial charge on any atom is 0.338 e. The Labute approximate surface area is 338 Å². The highest BCUT2D eigenvalue weighted by molar-refractivity contribution is 5.91. The van der Waals surface area contributed by atoms with Crippen molar-refractivity contribution in [2.75, 3.05) is 55.7 Å². The average Bonchev–Trinajstić information content (AvgIpc) is 3.63. The summed E-state index contributed by atoms with van der Waals surface area (Å²) in [5.74, 6) is 1.08. The molecule has 2 aliphatic heterocycles. The number of hydrogen-bond donors (Lipinski definition) is 3. The standard InChI is InChI=1S/C33H40N2O9.2C6H6O/c1-38-19-7-8-20-21-9-10-35-16-18-13-27(44-32(36)17-11-25(39-2)30(41-4)26(12-17)40-3)31(42-5)28(33(37)43-6)22(18)15-24(35)29(21)34-23(20)14-19;2*7-6-4-2-1-3-5-6/h7-8,11-12,14,18,22,24,27-28,31,34H,9-10,13,15-16H2,1-6H3;2*1-5,7H/t18-,22+,24-,27-,28+,31+;;/m1../s1. The zero-order valence-corrected chi connectivity index (χ0v) is 33.7. The largest absolute Gasteiger partial charge is 0.508 e. The Kier molecular flexibility index (Phi) is 13.7. The van der Waals surface area contributed by atoms with E-state index in [4.69, 9.17) is 43.4 Å². The highest BCUT2D eigenvalue weighted by Crippen LogP contribution is 2.51. The van der Waals surface area contributed by atoms with Crippen molar-refractivity contribution < 1.29 is 53.0 Å². The molecule has 0 amide bonds. The van der Waals surface area contributed by atoms with Gasteiger partial charge in [-0.3, -0.25) is 9.69 Å². The van der Waals surface area contributed by atoms with Crippen molar-refractivity contribution in [3.63, 3.8) is 0 Å². The summed E-state index contributed by atoms with van der Waals surface area (Å²) in [6.45, 7) is 1.68. The van der Waals surface area contributed by atoms with Gasteiger partial charge in [-0.05, 0) is 85.2 Å². The second-order valence-corrected chi connectivity index (χ2v) is 14.4. The number of aromatic nitrogens is 1. The molecule has 1 aromatic heterocycles. The first kappa shape index (κ1) is 41.7. The average molecular weight is 797 g/mol. The Morgan fingerprint density at radius 2 is 1.40 bits per heavy atom. The third-order valence-electron chi connectivity index (χ3n) is 11.3. The molecule has 4 aromatic carbocycles. The number of aromatic hydroxyl groups is 2. The zero-order valence-electron chi connectivity index (χ0n) is 33.7. The molecule has 58 heavy (non-hydrogen) atoms. The minimum absolute atomic E-state index is 0.0170. The summed E-state index contributed by atoms with van der Waals surface area (Å²) in [4.78, 5) is 33.1. The third kappa shape index (κ3) is 8.95. The van der Waals surface area contributed by atoms with Crippen molar-refractivity contribution >= 4 is 22.8 Å². The number of nitrogens with one attached hydrogen (secondary N) is 1. The predicted octanol–water partition coefficient (Wildman–Crippen LogP) is 6.96. The molecule has 0 spiro atoms. The van der Waals surface area contributed by atoms with E-state index in [0.717, 1.165) is 37.2 Å². The quantitative estimate of drug-likeness (QED) is 0.139. The van der Waals surface area contributed by atoms with Crippen molar-refractivity contribution in [1.29, 1.82) is 0 Å². The fourth-order valence-electron chi connectivity index (χ4n) is 8.62. The van der Waals surface area contributed by atoms with Crippen LogP contribution in [-0.2, 0) is 25.4 Å². The van der Waals surface area contributed by atoms with Crippen LogP contribution in [0.3, 0.4) is 0 Å². The van der Waals surface area contributed by atoms with Gasteiger partial charge in [0.05, 0.1) is 53.1 Å². The van der Waals surface area contributed by atoms with E-state index in [-0.39, 0.29) is 29.4 Å². The van der Waals surface area contributed by atoms with Gasteiger partial charge in [0.15, 0.2) is 11.5 Å². The number of hydrogen-bond acceptors (Lipinski definition) is 12. The molecule has 3 heterocycles. The van der Waals surface area contributed by atoms with Crippen LogP contribution >= 0.6 is 0 Å². The van der Waals surface area contributed by atoms with Crippen molar-refractivity contribution in [2.45, 2.75) is 37.5 Å². The Bertz CT molecular complexity index is 2080. The summed E-state index contributed by atoms with van der Waals surface area (Å²) in [5, 5.41) is 18.5. The van der Waals surface area contributed by atoms with Crippen LogP contribution < -0.4 is 18.9 Å². The third-order valence-corrected chi connectivity index (χ3v) is 11.3. The van der Waals surface area contributed by atoms with Gasteiger partial charge in [0.1, 0.15) is 29.5 Å². The molecule has 13 nitrogen and oxygen atoms in total. The molecule has 0 radical (unpaired) electrons. The highest BCUT2D eigenvalue weighted by atomic mass is 16.6. The lowest BCUT2D eigenvalue weighted by molar-refractivity contribution is -0.176. The van der Waals surface area contributed by atoms with Gasteiger partial charge in [-0.1, -0.05) is 36.4 Å². The molecule has 6 atom stereocenters. The predicted molar refractivity (Wildman–Crippen MR) is 217 cm³/mol. The lowest BCUT2D eigenvalue weighted by Crippen LogP contribution is -2.58. The normalized spacial score (nSPS) is 21.9. The number of aromatic amines is 1. The maximum absolute atomic E-state index is 13.5. The number of benzene rings is 4. The molecule has 1 aliphatic carbocycles. The van der Waals surface area contributed by atoms with E-state index in [9.17, 15) is 9.59 Å². The number of esters is 2. The van der Waals surface area contributed by atoms with Crippen LogP contribution in [0.25, 0.3) is 10.9 Å². The molecule has 2 fully saturated rings. The van der Waals surface area contributed by atoms with Gasteiger partial charge in [0.25, 0.3) is 0 Å². The second kappa shape index (κ2) is 19.0. The van der Waals surface area contributed by atoms with Crippen molar-refractivity contribution in [2.24, 2.45) is 17.8 Å². The topological polar surface area (TPSA) is 158 Å². The molecule has 3 aliphatic rings. The molecule has 5 aromatic rings. The number of H-pyrrole nitrogens is 1. The fraction of sp³-hybridized carbons (Fsp3) is 0.378. The number of para-hydroxylation sites is 2. The Morgan fingerprint density at radius 3 is 1.91 bits per heavy atom. The monoisotopic (exact) mass is 796 g/mol. The SMILES string of the molecule is COC(=O)[C@H]1[C@H]2C[C@@H]3c4[nH]c5cc(OC)ccc5c4CCN3C[C@H]2C[C@@H](OC(=O)c2cc(OC)c(OC)c(OC)c2)[C@@H]1OC.Oc1ccccc1.Oc1ccccc1. The number of nitrogens with zero attached hydrogens (tertiary/aromatic N) is 1. The van der Waals surface area contributed by atoms with E-state index in [1.807, 2.05) is 24.3 Å². The molecule has 8 rings (SSSR count). The summed E-state index contributed by atoms with van der Waals surface area (Å²) in [6.07, 6.45) is 0.920. The minimum Gasteiger partial charge on any atom is -0.508 e. The molecule has 13 heteroatoms. The van der Waals surface area contributed by atoms with E-state index >= 15 is 0 Å². The summed E-state index contributed by atoms with van der Waals surface area (Å²) in [6, 6.07) is 26.8. The molecule has 1 saturated carbocycles. The lowest BCUT2D eigenvalue weighted by Gasteiger charge is -2.52. The van der Waals surface area contributed by atoms with Crippen molar-refractivity contribution in [3.8, 4) is 34.5 Å². The van der Waals surface area contributed by atoms with Gasteiger partial charge in [-0.15, -0.1) is 0 Å². The number of carbonyl (C=O) groups excluding carboxylic acids is 2. The van der Waals surface area contributed by atoms with E-state index in [1.165, 1.54) is 45.1 Å². The zero-order chi connectivity index (χ0) is 41.3. The summed E-state index contributed by atoms with van der Waals surface area (Å²) >= 11 is 0. The van der Waals surface area contributed by atoms with Crippen LogP contribution in [-0.4, -0.2) is 100.0 Å². The number of phenols is 2. The van der Waals surface area contributed by atoms with E-state index in [1.54, 1.807) is 74.9 Å². The summed E-state index contributed by atoms with van der Waals surface area (Å²) in [7, 11) is 9.10. The van der Waals surface area contributed by atoms with Crippen LogP contribution in [0.4, 0.5) is 0 Å². The highest BCUT2D eigenvalue weighted by Gasteiger charge is 2.54. The fourth-order valence-corrected chi connectivity index (χ4v) is 8.62. The van der Waals surface area contributed by atoms with E-state index in [0.29, 0.717) is 35.2 Å². The van der Waals surface area contributed by atoms with Gasteiger partial charge in [0, 0.05) is 42.9 Å². The van der Waals surface area contributed by atoms with Crippen LogP contribution in [0.5, 0.6) is 34.5 Å². The van der Waals surface area contributed by atoms with Gasteiger partial charge in [-0.2, -0.15) is 0 Å². The molecule has 1 saturated heterocycles. The summed E-state index contributed by atoms with van der Waals surface area (Å²) in [5.41, 5.74) is 3.83. The van der Waals surface area contributed by atoms with Crippen LogP contribution in [0.1, 0.15) is 40.5 Å². The van der Waals surface area contributed by atoms with Crippen molar-refractivity contribution in [1.82, 2.24) is 9.88 Å². The van der Waals surface area contributed by atoms with Gasteiger partial charge < -0.3 is 48.4 Å². The molecular weight excluding hydrogens is 744 g/mol. The molecule has 308 valence electrons. The second-order valence-electron chi connectivity index (χ2n) is 14.4. The maximum atomic E-state index is 13.5. The number of fused-ring (bicyclic) bond motifs is 6. The van der Waals surface area contributed by atoms with Crippen LogP contribution in [0.2, 0.25) is 0 Å². The van der Waals surface area contributed by atoms with Crippen LogP contribution in [0.15, 0.2) is 91.0 Å². The smallest absolute Gasteiger partial charge is 0.338 e. The number of carbonyl (C=O) groups is 2. The van der Waals surface area contributed by atoms with Crippen molar-refractivity contribution in [3.05, 3.63) is 108 Å². The number of piperidine rings is 1. The number of ether oxygens (including phenoxy) is 7. The molecule has 0 bridgehead atoms. The molecule has 3 N–H and O–H groups in total. The van der Waals surface area contributed by atoms with Crippen LogP contribution in [0, 0.1) is 17.8 Å². The van der Waals surface area contributed by atoms with Gasteiger partial charge in [0.2, 0.25) is 5.75 Å². The number of phenolic OH excluding ortho intramolecular Hbond substituents is 2. The molecule has 0 unspecified atom stereocenters. The molecular formula is C45H52N2O11. The Balaban J connectivity index is 0.000000340. The first-order valence-corrected chi connectivity index (χ1v) is 19.2. The first-order chi connectivity index (χ1) is 28.1.